The van der Waals surface area contributed by atoms with Crippen molar-refractivity contribution in [3.05, 3.63) is 54.1 Å². The molecule has 1 aromatic carbocycles. The van der Waals surface area contributed by atoms with E-state index < -0.39 is 0 Å². The van der Waals surface area contributed by atoms with Crippen LogP contribution >= 0.6 is 0 Å². The molecule has 3 aromatic rings. The lowest BCUT2D eigenvalue weighted by molar-refractivity contribution is 0.197. The average molecular weight is 468 g/mol. The van der Waals surface area contributed by atoms with Crippen molar-refractivity contribution >= 4 is 22.6 Å². The van der Waals surface area contributed by atoms with E-state index in [-0.39, 0.29) is 18.5 Å². The van der Waals surface area contributed by atoms with Crippen molar-refractivity contribution in [2.75, 3.05) is 53.5 Å². The third kappa shape index (κ3) is 5.21. The van der Waals surface area contributed by atoms with Crippen molar-refractivity contribution in [2.24, 2.45) is 0 Å². The highest BCUT2D eigenvalue weighted by Gasteiger charge is 2.20. The van der Waals surface area contributed by atoms with Gasteiger partial charge in [0.2, 0.25) is 0 Å². The monoisotopic (exact) mass is 467 g/mol. The number of aromatic nitrogens is 2. The van der Waals surface area contributed by atoms with Gasteiger partial charge < -0.3 is 29.9 Å². The number of rotatable bonds is 8. The standard InChI is InChI=1S/C25H30FN5O3/c1-30(13-14-32)12-9-28-25(33)31-10-6-17(7-11-31)22-16-21-19(5-8-27-24(21)29-22)20-15-18(26)3-4-23(20)34-2/h3-6,8,15-16,32H,7,9-14H2,1-2H3,(H,27,29)(H,28,33). The molecule has 3 N–H and O–H groups in total. The first kappa shape index (κ1) is 23.7. The molecule has 180 valence electrons. The second kappa shape index (κ2) is 10.7. The molecule has 0 atom stereocenters. The van der Waals surface area contributed by atoms with Crippen LogP contribution in [-0.2, 0) is 0 Å². The van der Waals surface area contributed by atoms with E-state index in [0.717, 1.165) is 22.2 Å². The topological polar surface area (TPSA) is 93.7 Å². The van der Waals surface area contributed by atoms with Crippen molar-refractivity contribution in [3.63, 3.8) is 0 Å². The molecule has 0 saturated heterocycles. The molecule has 0 fully saturated rings. The lowest BCUT2D eigenvalue weighted by atomic mass is 10.0. The van der Waals surface area contributed by atoms with Gasteiger partial charge in [0.1, 0.15) is 17.2 Å². The minimum absolute atomic E-state index is 0.0912. The van der Waals surface area contributed by atoms with Gasteiger partial charge in [0, 0.05) is 55.6 Å². The molecule has 0 radical (unpaired) electrons. The number of halogens is 1. The van der Waals surface area contributed by atoms with Crippen LogP contribution in [0.15, 0.2) is 42.6 Å². The Kier molecular flexibility index (Phi) is 7.44. The van der Waals surface area contributed by atoms with Crippen LogP contribution in [0.3, 0.4) is 0 Å². The third-order valence-corrected chi connectivity index (χ3v) is 6.08. The Labute approximate surface area is 198 Å². The lowest BCUT2D eigenvalue weighted by Gasteiger charge is -2.27. The Bertz CT molecular complexity index is 1190. The first-order valence-electron chi connectivity index (χ1n) is 11.3. The van der Waals surface area contributed by atoms with Gasteiger partial charge in [-0.3, -0.25) is 0 Å². The van der Waals surface area contributed by atoms with Gasteiger partial charge in [0.05, 0.1) is 13.7 Å². The average Bonchev–Trinajstić information content (AvgIpc) is 3.29. The maximum atomic E-state index is 14.0. The Balaban J connectivity index is 1.48. The van der Waals surface area contributed by atoms with Crippen LogP contribution < -0.4 is 10.1 Å². The SMILES string of the molecule is COc1ccc(F)cc1-c1ccnc2[nH]c(C3=CCN(C(=O)NCCN(C)CCO)CC3)cc12. The molecule has 0 aliphatic carbocycles. The first-order chi connectivity index (χ1) is 16.5. The molecule has 0 saturated carbocycles. The van der Waals surface area contributed by atoms with Gasteiger partial charge in [0.15, 0.2) is 0 Å². The van der Waals surface area contributed by atoms with Crippen LogP contribution in [0.25, 0.3) is 27.7 Å². The van der Waals surface area contributed by atoms with E-state index in [4.69, 9.17) is 9.84 Å². The number of carbonyl (C=O) groups excluding carboxylic acids is 1. The number of benzene rings is 1. The molecule has 1 aliphatic rings. The summed E-state index contributed by atoms with van der Waals surface area (Å²) in [4.78, 5) is 24.0. The van der Waals surface area contributed by atoms with Crippen LogP contribution in [0.2, 0.25) is 0 Å². The van der Waals surface area contributed by atoms with E-state index in [1.165, 1.54) is 12.1 Å². The maximum absolute atomic E-state index is 14.0. The van der Waals surface area contributed by atoms with Crippen molar-refractivity contribution in [1.82, 2.24) is 25.1 Å². The molecule has 8 nitrogen and oxygen atoms in total. The van der Waals surface area contributed by atoms with Crippen molar-refractivity contribution in [3.8, 4) is 16.9 Å². The summed E-state index contributed by atoms with van der Waals surface area (Å²) < 4.78 is 19.4. The van der Waals surface area contributed by atoms with E-state index in [1.807, 2.05) is 30.2 Å². The third-order valence-electron chi connectivity index (χ3n) is 6.08. The Hall–Kier alpha value is -3.43. The van der Waals surface area contributed by atoms with Gasteiger partial charge in [-0.15, -0.1) is 0 Å². The van der Waals surface area contributed by atoms with Crippen LogP contribution in [0.4, 0.5) is 9.18 Å². The quantitative estimate of drug-likeness (QED) is 0.473. The van der Waals surface area contributed by atoms with Gasteiger partial charge in [-0.1, -0.05) is 6.08 Å². The van der Waals surface area contributed by atoms with Crippen LogP contribution in [0.5, 0.6) is 5.75 Å². The number of likely N-dealkylation sites (N-methyl/N-ethyl adjacent to an activating group) is 1. The number of methoxy groups -OCH3 is 1. The number of urea groups is 1. The highest BCUT2D eigenvalue weighted by Crippen LogP contribution is 2.36. The van der Waals surface area contributed by atoms with E-state index >= 15 is 0 Å². The number of fused-ring (bicyclic) bond motifs is 1. The number of nitrogens with one attached hydrogen (secondary N) is 2. The molecule has 0 bridgehead atoms. The van der Waals surface area contributed by atoms with Crippen molar-refractivity contribution < 1.29 is 19.0 Å². The largest absolute Gasteiger partial charge is 0.496 e. The second-order valence-electron chi connectivity index (χ2n) is 8.33. The molecule has 3 heterocycles. The van der Waals surface area contributed by atoms with E-state index in [9.17, 15) is 9.18 Å². The smallest absolute Gasteiger partial charge is 0.317 e. The summed E-state index contributed by atoms with van der Waals surface area (Å²) in [6, 6.07) is 8.27. The number of aromatic amines is 1. The number of aliphatic hydroxyl groups is 1. The molecule has 0 unspecified atom stereocenters. The molecule has 2 aromatic heterocycles. The number of hydrogen-bond acceptors (Lipinski definition) is 5. The summed E-state index contributed by atoms with van der Waals surface area (Å²) in [5.74, 6) is 0.266. The summed E-state index contributed by atoms with van der Waals surface area (Å²) in [6.45, 7) is 3.02. The predicted molar refractivity (Wildman–Crippen MR) is 130 cm³/mol. The molecule has 4 rings (SSSR count). The van der Waals surface area contributed by atoms with Crippen LogP contribution in [-0.4, -0.2) is 84.4 Å². The summed E-state index contributed by atoms with van der Waals surface area (Å²) >= 11 is 0. The minimum Gasteiger partial charge on any atom is -0.496 e. The molecular formula is C25H30FN5O3. The number of amides is 2. The predicted octanol–water partition coefficient (Wildman–Crippen LogP) is 3.10. The van der Waals surface area contributed by atoms with Gasteiger partial charge in [-0.2, -0.15) is 0 Å². The van der Waals surface area contributed by atoms with Gasteiger partial charge >= 0.3 is 6.03 Å². The van der Waals surface area contributed by atoms with Gasteiger partial charge in [-0.05, 0) is 54.9 Å². The fraction of sp³-hybridized carbons (Fsp3) is 0.360. The first-order valence-corrected chi connectivity index (χ1v) is 11.3. The molecule has 1 aliphatic heterocycles. The summed E-state index contributed by atoms with van der Waals surface area (Å²) in [5.41, 5.74) is 4.28. The normalized spacial score (nSPS) is 13.9. The lowest BCUT2D eigenvalue weighted by Crippen LogP contribution is -2.44. The van der Waals surface area contributed by atoms with E-state index in [2.05, 4.69) is 15.3 Å². The number of pyridine rings is 1. The Morgan fingerprint density at radius 2 is 2.15 bits per heavy atom. The molecule has 2 amide bonds. The number of hydrogen-bond donors (Lipinski definition) is 3. The highest BCUT2D eigenvalue weighted by atomic mass is 19.1. The summed E-state index contributed by atoms with van der Waals surface area (Å²) in [5, 5.41) is 12.8. The summed E-state index contributed by atoms with van der Waals surface area (Å²) in [7, 11) is 3.48. The maximum Gasteiger partial charge on any atom is 0.317 e. The molecule has 0 spiro atoms. The van der Waals surface area contributed by atoms with Crippen LogP contribution in [0.1, 0.15) is 12.1 Å². The zero-order chi connectivity index (χ0) is 24.1. The van der Waals surface area contributed by atoms with E-state index in [0.29, 0.717) is 56.1 Å². The fourth-order valence-electron chi connectivity index (χ4n) is 4.17. The fourth-order valence-corrected chi connectivity index (χ4v) is 4.17. The number of H-pyrrole nitrogens is 1. The van der Waals surface area contributed by atoms with Gasteiger partial charge in [0.25, 0.3) is 0 Å². The highest BCUT2D eigenvalue weighted by molar-refractivity contribution is 5.96. The number of ether oxygens (including phenoxy) is 1. The van der Waals surface area contributed by atoms with Gasteiger partial charge in [-0.25, -0.2) is 14.2 Å². The van der Waals surface area contributed by atoms with Crippen molar-refractivity contribution in [2.45, 2.75) is 6.42 Å². The Morgan fingerprint density at radius 3 is 2.88 bits per heavy atom. The number of aliphatic hydroxyl groups excluding tert-OH is 1. The zero-order valence-corrected chi connectivity index (χ0v) is 19.5. The molecule has 9 heteroatoms. The van der Waals surface area contributed by atoms with Crippen molar-refractivity contribution in [1.29, 1.82) is 0 Å². The summed E-state index contributed by atoms with van der Waals surface area (Å²) in [6.07, 6.45) is 4.46. The molecular weight excluding hydrogens is 437 g/mol. The second-order valence-corrected chi connectivity index (χ2v) is 8.33. The van der Waals surface area contributed by atoms with E-state index in [1.54, 1.807) is 24.3 Å². The van der Waals surface area contributed by atoms with Crippen LogP contribution in [0, 0.1) is 5.82 Å². The molecule has 34 heavy (non-hydrogen) atoms. The number of carbonyl (C=O) groups is 1. The number of nitrogens with zero attached hydrogens (tertiary/aromatic N) is 3. The Morgan fingerprint density at radius 1 is 1.29 bits per heavy atom. The minimum atomic E-state index is -0.329. The zero-order valence-electron chi connectivity index (χ0n) is 19.5.